The summed E-state index contributed by atoms with van der Waals surface area (Å²) in [6.07, 6.45) is 1.52. The minimum absolute atomic E-state index is 0.155. The van der Waals surface area contributed by atoms with E-state index in [1.54, 1.807) is 12.1 Å². The Balaban J connectivity index is 1.54. The van der Waals surface area contributed by atoms with E-state index in [1.165, 1.54) is 12.7 Å². The molecule has 0 aromatic heterocycles. The third-order valence-electron chi connectivity index (χ3n) is 4.90. The smallest absolute Gasteiger partial charge is 0.251 e. The number of carbonyl (C=O) groups is 1. The average molecular weight is 423 g/mol. The number of piperidine rings is 1. The fraction of sp³-hybridized carbons (Fsp3) is 0.381. The van der Waals surface area contributed by atoms with Gasteiger partial charge in [-0.25, -0.2) is 0 Å². The number of carbonyl (C=O) groups excluding carboxylic acids is 1. The van der Waals surface area contributed by atoms with Gasteiger partial charge in [0.05, 0.1) is 23.3 Å². The van der Waals surface area contributed by atoms with Crippen molar-refractivity contribution in [3.63, 3.8) is 0 Å². The first-order valence-corrected chi connectivity index (χ1v) is 10.0. The maximum Gasteiger partial charge on any atom is 0.251 e. The van der Waals surface area contributed by atoms with E-state index >= 15 is 0 Å². The van der Waals surface area contributed by atoms with Crippen LogP contribution < -0.4 is 10.1 Å². The van der Waals surface area contributed by atoms with Gasteiger partial charge in [0.2, 0.25) is 0 Å². The molecular formula is C21H24Cl2N2O3. The zero-order valence-corrected chi connectivity index (χ0v) is 17.3. The van der Waals surface area contributed by atoms with Gasteiger partial charge in [0, 0.05) is 31.7 Å². The Hall–Kier alpha value is -1.79. The molecule has 2 N–H and O–H groups in total. The molecule has 150 valence electrons. The lowest BCUT2D eigenvalue weighted by atomic mass is 10.1. The highest BCUT2D eigenvalue weighted by Crippen LogP contribution is 2.33. The molecule has 0 saturated carbocycles. The van der Waals surface area contributed by atoms with Crippen LogP contribution in [0.25, 0.3) is 0 Å². The van der Waals surface area contributed by atoms with Crippen LogP contribution in [0.1, 0.15) is 34.3 Å². The number of aliphatic hydroxyl groups is 1. The van der Waals surface area contributed by atoms with E-state index in [2.05, 4.69) is 22.3 Å². The van der Waals surface area contributed by atoms with Crippen LogP contribution in [0.5, 0.6) is 5.75 Å². The van der Waals surface area contributed by atoms with Crippen molar-refractivity contribution >= 4 is 29.1 Å². The molecule has 28 heavy (non-hydrogen) atoms. The number of rotatable bonds is 6. The van der Waals surface area contributed by atoms with E-state index in [0.29, 0.717) is 27.9 Å². The van der Waals surface area contributed by atoms with Crippen LogP contribution >= 0.6 is 23.2 Å². The van der Waals surface area contributed by atoms with Gasteiger partial charge in [-0.3, -0.25) is 9.69 Å². The molecule has 1 saturated heterocycles. The van der Waals surface area contributed by atoms with Crippen LogP contribution in [0.2, 0.25) is 10.0 Å². The number of amides is 1. The number of aliphatic hydroxyl groups excluding tert-OH is 1. The molecule has 0 atom stereocenters. The Morgan fingerprint density at radius 3 is 2.29 bits per heavy atom. The molecule has 0 unspecified atom stereocenters. The molecular weight excluding hydrogens is 399 g/mol. The second-order valence-electron chi connectivity index (χ2n) is 6.98. The summed E-state index contributed by atoms with van der Waals surface area (Å²) in [5.41, 5.74) is 2.62. The van der Waals surface area contributed by atoms with Gasteiger partial charge in [-0.15, -0.1) is 0 Å². The number of benzene rings is 2. The molecule has 2 aromatic carbocycles. The summed E-state index contributed by atoms with van der Waals surface area (Å²) in [5.74, 6) is 0.112. The van der Waals surface area contributed by atoms with Crippen LogP contribution in [0.15, 0.2) is 36.4 Å². The number of methoxy groups -OCH3 is 1. The Kier molecular flexibility index (Phi) is 7.18. The van der Waals surface area contributed by atoms with Crippen molar-refractivity contribution in [2.75, 3.05) is 20.2 Å². The Morgan fingerprint density at radius 1 is 1.14 bits per heavy atom. The molecule has 1 aliphatic heterocycles. The summed E-state index contributed by atoms with van der Waals surface area (Å²) in [5, 5.41) is 13.1. The molecule has 2 aromatic rings. The molecule has 7 heteroatoms. The van der Waals surface area contributed by atoms with Crippen molar-refractivity contribution in [1.82, 2.24) is 10.2 Å². The minimum atomic E-state index is -0.248. The number of hydrogen-bond donors (Lipinski definition) is 2. The van der Waals surface area contributed by atoms with Gasteiger partial charge in [0.25, 0.3) is 5.91 Å². The van der Waals surface area contributed by atoms with Crippen LogP contribution in [0, 0.1) is 0 Å². The summed E-state index contributed by atoms with van der Waals surface area (Å²) in [4.78, 5) is 14.7. The van der Waals surface area contributed by atoms with Crippen molar-refractivity contribution in [3.05, 3.63) is 63.1 Å². The minimum Gasteiger partial charge on any atom is -0.494 e. The number of hydrogen-bond acceptors (Lipinski definition) is 4. The Bertz CT molecular complexity index is 796. The van der Waals surface area contributed by atoms with Gasteiger partial charge in [0.15, 0.2) is 5.75 Å². The highest BCUT2D eigenvalue weighted by atomic mass is 35.5. The molecule has 1 amide bonds. The van der Waals surface area contributed by atoms with Crippen LogP contribution in [-0.2, 0) is 13.1 Å². The molecule has 1 heterocycles. The number of halogens is 2. The normalized spacial score (nSPS) is 15.4. The lowest BCUT2D eigenvalue weighted by Crippen LogP contribution is -2.35. The molecule has 0 spiro atoms. The summed E-state index contributed by atoms with van der Waals surface area (Å²) in [6, 6.07) is 11.3. The molecule has 0 aliphatic carbocycles. The molecule has 0 radical (unpaired) electrons. The highest BCUT2D eigenvalue weighted by molar-refractivity contribution is 6.37. The van der Waals surface area contributed by atoms with E-state index in [-0.39, 0.29) is 12.0 Å². The van der Waals surface area contributed by atoms with Crippen LogP contribution in [0.3, 0.4) is 0 Å². The summed E-state index contributed by atoms with van der Waals surface area (Å²) in [6.45, 7) is 3.14. The summed E-state index contributed by atoms with van der Waals surface area (Å²) in [7, 11) is 1.48. The molecule has 3 rings (SSSR count). The van der Waals surface area contributed by atoms with E-state index in [4.69, 9.17) is 27.9 Å². The molecule has 0 bridgehead atoms. The zero-order chi connectivity index (χ0) is 20.1. The fourth-order valence-corrected chi connectivity index (χ4v) is 3.91. The van der Waals surface area contributed by atoms with Crippen molar-refractivity contribution in [1.29, 1.82) is 0 Å². The maximum atomic E-state index is 12.4. The van der Waals surface area contributed by atoms with E-state index in [0.717, 1.165) is 38.0 Å². The molecule has 1 fully saturated rings. The number of nitrogens with one attached hydrogen (secondary N) is 1. The topological polar surface area (TPSA) is 61.8 Å². The van der Waals surface area contributed by atoms with Gasteiger partial charge in [-0.1, -0.05) is 47.5 Å². The van der Waals surface area contributed by atoms with Crippen LogP contribution in [0.4, 0.5) is 0 Å². The molecule has 5 nitrogen and oxygen atoms in total. The SMILES string of the molecule is COc1c(Cl)cc(C(=O)NCc2ccc(CN3CCC(O)CC3)cc2)cc1Cl. The lowest BCUT2D eigenvalue weighted by molar-refractivity contribution is 0.0792. The predicted octanol–water partition coefficient (Wildman–Crippen LogP) is 3.89. The monoisotopic (exact) mass is 422 g/mol. The second kappa shape index (κ2) is 9.61. The Labute approximate surface area is 175 Å². The largest absolute Gasteiger partial charge is 0.494 e. The number of nitrogens with zero attached hydrogens (tertiary/aromatic N) is 1. The summed E-state index contributed by atoms with van der Waals surface area (Å²) < 4.78 is 5.10. The quantitative estimate of drug-likeness (QED) is 0.740. The predicted molar refractivity (Wildman–Crippen MR) is 111 cm³/mol. The van der Waals surface area contributed by atoms with E-state index in [9.17, 15) is 9.90 Å². The first-order chi connectivity index (χ1) is 13.5. The van der Waals surface area contributed by atoms with Crippen molar-refractivity contribution in [3.8, 4) is 5.75 Å². The highest BCUT2D eigenvalue weighted by Gasteiger charge is 2.17. The van der Waals surface area contributed by atoms with Gasteiger partial charge in [-0.05, 0) is 36.1 Å². The number of likely N-dealkylation sites (tertiary alicyclic amines) is 1. The third kappa shape index (κ3) is 5.39. The molecule has 1 aliphatic rings. The second-order valence-corrected chi connectivity index (χ2v) is 7.79. The van der Waals surface area contributed by atoms with Crippen LogP contribution in [-0.4, -0.2) is 42.2 Å². The lowest BCUT2D eigenvalue weighted by Gasteiger charge is -2.29. The van der Waals surface area contributed by atoms with E-state index in [1.807, 2.05) is 12.1 Å². The number of ether oxygens (including phenoxy) is 1. The Morgan fingerprint density at radius 2 is 1.71 bits per heavy atom. The van der Waals surface area contributed by atoms with Gasteiger partial charge in [0.1, 0.15) is 0 Å². The summed E-state index contributed by atoms with van der Waals surface area (Å²) >= 11 is 12.2. The average Bonchev–Trinajstić information content (AvgIpc) is 2.68. The fourth-order valence-electron chi connectivity index (χ4n) is 3.27. The van der Waals surface area contributed by atoms with Gasteiger partial charge >= 0.3 is 0 Å². The zero-order valence-electron chi connectivity index (χ0n) is 15.8. The maximum absolute atomic E-state index is 12.4. The van der Waals surface area contributed by atoms with E-state index < -0.39 is 0 Å². The van der Waals surface area contributed by atoms with Crippen molar-refractivity contribution < 1.29 is 14.6 Å². The first kappa shape index (κ1) is 20.9. The van der Waals surface area contributed by atoms with Crippen molar-refractivity contribution in [2.45, 2.75) is 32.0 Å². The van der Waals surface area contributed by atoms with Crippen molar-refractivity contribution in [2.24, 2.45) is 0 Å². The standard InChI is InChI=1S/C21H24Cl2N2O3/c1-28-20-18(22)10-16(11-19(20)23)21(27)24-12-14-2-4-15(5-3-14)13-25-8-6-17(26)7-9-25/h2-5,10-11,17,26H,6-9,12-13H2,1H3,(H,24,27). The first-order valence-electron chi connectivity index (χ1n) is 9.25. The third-order valence-corrected chi connectivity index (χ3v) is 5.47. The van der Waals surface area contributed by atoms with Gasteiger partial charge < -0.3 is 15.2 Å². The van der Waals surface area contributed by atoms with Gasteiger partial charge in [-0.2, -0.15) is 0 Å².